The van der Waals surface area contributed by atoms with Crippen molar-refractivity contribution in [2.24, 2.45) is 0 Å². The zero-order chi connectivity index (χ0) is 13.2. The van der Waals surface area contributed by atoms with E-state index in [1.165, 1.54) is 11.1 Å². The van der Waals surface area contributed by atoms with Crippen LogP contribution < -0.4 is 4.90 Å². The van der Waals surface area contributed by atoms with E-state index >= 15 is 0 Å². The molecular weight excluding hydrogens is 262 g/mol. The molecule has 1 atom stereocenters. The van der Waals surface area contributed by atoms with Gasteiger partial charge in [0.05, 0.1) is 0 Å². The van der Waals surface area contributed by atoms with Gasteiger partial charge < -0.3 is 9.64 Å². The first-order valence-corrected chi connectivity index (χ1v) is 7.44. The molecule has 19 heavy (non-hydrogen) atoms. The second-order valence-electron chi connectivity index (χ2n) is 5.14. The van der Waals surface area contributed by atoms with Crippen molar-refractivity contribution >= 4 is 23.2 Å². The molecule has 4 heteroatoms. The van der Waals surface area contributed by atoms with Crippen LogP contribution in [0.3, 0.4) is 0 Å². The van der Waals surface area contributed by atoms with Crippen molar-refractivity contribution in [3.05, 3.63) is 29.3 Å². The van der Waals surface area contributed by atoms with E-state index in [1.54, 1.807) is 0 Å². The van der Waals surface area contributed by atoms with Crippen LogP contribution in [-0.2, 0) is 22.4 Å². The fourth-order valence-electron chi connectivity index (χ4n) is 2.89. The molecule has 0 radical (unpaired) electrons. The summed E-state index contributed by atoms with van der Waals surface area (Å²) in [5.41, 5.74) is 3.56. The quantitative estimate of drug-likeness (QED) is 0.796. The summed E-state index contributed by atoms with van der Waals surface area (Å²) in [5, 5.41) is 0. The second kappa shape index (κ2) is 5.51. The van der Waals surface area contributed by atoms with Crippen molar-refractivity contribution in [1.29, 1.82) is 0 Å². The van der Waals surface area contributed by atoms with Crippen molar-refractivity contribution in [3.8, 4) is 0 Å². The molecule has 2 heterocycles. The molecule has 0 saturated carbocycles. The number of nitrogens with zero attached hydrogens (tertiary/aromatic N) is 1. The number of hydrogen-bond acceptors (Lipinski definition) is 2. The van der Waals surface area contributed by atoms with Gasteiger partial charge in [-0.05, 0) is 42.9 Å². The Balaban J connectivity index is 1.79. The lowest BCUT2D eigenvalue weighted by molar-refractivity contribution is -0.127. The van der Waals surface area contributed by atoms with Gasteiger partial charge in [-0.2, -0.15) is 0 Å². The third-order valence-corrected chi connectivity index (χ3v) is 4.08. The highest BCUT2D eigenvalue weighted by Crippen LogP contribution is 2.31. The lowest BCUT2D eigenvalue weighted by Crippen LogP contribution is -2.37. The number of benzene rings is 1. The first-order valence-electron chi connectivity index (χ1n) is 6.90. The Morgan fingerprint density at radius 1 is 1.47 bits per heavy atom. The van der Waals surface area contributed by atoms with Gasteiger partial charge >= 0.3 is 0 Å². The van der Waals surface area contributed by atoms with Crippen LogP contribution in [0.15, 0.2) is 18.2 Å². The van der Waals surface area contributed by atoms with Gasteiger partial charge in [0.25, 0.3) is 5.91 Å². The van der Waals surface area contributed by atoms with Crippen LogP contribution in [0.2, 0.25) is 0 Å². The number of fused-ring (bicyclic) bond motifs is 1. The average Bonchev–Trinajstić information content (AvgIpc) is 3.07. The summed E-state index contributed by atoms with van der Waals surface area (Å²) < 4.78 is 5.50. The number of hydrogen-bond donors (Lipinski definition) is 0. The number of carbonyl (C=O) groups excluding carboxylic acids is 1. The first-order chi connectivity index (χ1) is 9.29. The van der Waals surface area contributed by atoms with Gasteiger partial charge in [0, 0.05) is 24.7 Å². The van der Waals surface area contributed by atoms with Gasteiger partial charge in [0.2, 0.25) is 0 Å². The molecule has 0 spiro atoms. The lowest BCUT2D eigenvalue weighted by atomic mass is 10.1. The van der Waals surface area contributed by atoms with Crippen LogP contribution in [0.4, 0.5) is 5.69 Å². The molecule has 3 rings (SSSR count). The number of anilines is 1. The summed E-state index contributed by atoms with van der Waals surface area (Å²) in [7, 11) is 0. The van der Waals surface area contributed by atoms with Gasteiger partial charge in [0.15, 0.2) is 0 Å². The van der Waals surface area contributed by atoms with E-state index in [-0.39, 0.29) is 12.0 Å². The van der Waals surface area contributed by atoms with E-state index < -0.39 is 0 Å². The fraction of sp³-hybridized carbons (Fsp3) is 0.533. The summed E-state index contributed by atoms with van der Waals surface area (Å²) in [6, 6.07) is 6.31. The number of alkyl halides is 1. The summed E-state index contributed by atoms with van der Waals surface area (Å²) in [4.78, 5) is 14.3. The van der Waals surface area contributed by atoms with Crippen molar-refractivity contribution in [2.75, 3.05) is 23.9 Å². The third kappa shape index (κ3) is 2.49. The van der Waals surface area contributed by atoms with Crippen LogP contribution in [0.5, 0.6) is 0 Å². The molecule has 1 saturated heterocycles. The van der Waals surface area contributed by atoms with Crippen molar-refractivity contribution in [3.63, 3.8) is 0 Å². The molecule has 0 N–H and O–H groups in total. The highest BCUT2D eigenvalue weighted by molar-refractivity contribution is 6.18. The molecular formula is C15H18ClNO2. The molecule has 1 aromatic carbocycles. The predicted octanol–water partition coefficient (Wildman–Crippen LogP) is 2.54. The minimum atomic E-state index is -0.228. The maximum atomic E-state index is 12.4. The molecule has 1 unspecified atom stereocenters. The largest absolute Gasteiger partial charge is 0.368 e. The van der Waals surface area contributed by atoms with Gasteiger partial charge in [0.1, 0.15) is 6.10 Å². The van der Waals surface area contributed by atoms with Gasteiger partial charge in [-0.15, -0.1) is 11.6 Å². The Morgan fingerprint density at radius 3 is 3.11 bits per heavy atom. The van der Waals surface area contributed by atoms with Crippen molar-refractivity contribution in [2.45, 2.75) is 31.8 Å². The van der Waals surface area contributed by atoms with E-state index in [9.17, 15) is 4.79 Å². The van der Waals surface area contributed by atoms with Crippen LogP contribution >= 0.6 is 11.6 Å². The summed E-state index contributed by atoms with van der Waals surface area (Å²) >= 11 is 5.77. The van der Waals surface area contributed by atoms with Crippen molar-refractivity contribution in [1.82, 2.24) is 0 Å². The molecule has 2 aliphatic rings. The van der Waals surface area contributed by atoms with Gasteiger partial charge in [-0.3, -0.25) is 4.79 Å². The maximum absolute atomic E-state index is 12.4. The number of ether oxygens (including phenoxy) is 1. The Kier molecular flexibility index (Phi) is 3.76. The van der Waals surface area contributed by atoms with Crippen LogP contribution in [-0.4, -0.2) is 31.0 Å². The average molecular weight is 280 g/mol. The molecule has 2 aliphatic heterocycles. The van der Waals surface area contributed by atoms with Crippen molar-refractivity contribution < 1.29 is 9.53 Å². The summed E-state index contributed by atoms with van der Waals surface area (Å²) in [6.07, 6.45) is 3.44. The highest BCUT2D eigenvalue weighted by Gasteiger charge is 2.32. The van der Waals surface area contributed by atoms with Crippen LogP contribution in [0.1, 0.15) is 24.0 Å². The summed E-state index contributed by atoms with van der Waals surface area (Å²) in [6.45, 7) is 1.49. The summed E-state index contributed by atoms with van der Waals surface area (Å²) in [5.74, 6) is 0.762. The smallest absolute Gasteiger partial charge is 0.256 e. The molecule has 1 aromatic rings. The Morgan fingerprint density at radius 2 is 2.37 bits per heavy atom. The highest BCUT2D eigenvalue weighted by atomic mass is 35.5. The Bertz CT molecular complexity index is 483. The maximum Gasteiger partial charge on any atom is 0.256 e. The fourth-order valence-corrected chi connectivity index (χ4v) is 3.11. The van der Waals surface area contributed by atoms with E-state index in [2.05, 4.69) is 18.2 Å². The predicted molar refractivity (Wildman–Crippen MR) is 75.9 cm³/mol. The van der Waals surface area contributed by atoms with Gasteiger partial charge in [-0.25, -0.2) is 0 Å². The van der Waals surface area contributed by atoms with Crippen LogP contribution in [0.25, 0.3) is 0 Å². The number of aryl methyl sites for hydroxylation is 1. The standard InChI is InChI=1S/C15H18ClNO2/c16-7-5-11-3-4-13-12(10-11)6-8-17(13)15(18)14-2-1-9-19-14/h3-4,10,14H,1-2,5-9H2. The normalized spacial score (nSPS) is 21.7. The Hall–Kier alpha value is -1.06. The molecule has 0 bridgehead atoms. The van der Waals surface area contributed by atoms with Gasteiger partial charge in [-0.1, -0.05) is 12.1 Å². The number of amides is 1. The van der Waals surface area contributed by atoms with E-state index in [4.69, 9.17) is 16.3 Å². The topological polar surface area (TPSA) is 29.5 Å². The molecule has 0 aromatic heterocycles. The molecule has 3 nitrogen and oxygen atoms in total. The molecule has 102 valence electrons. The van der Waals surface area contributed by atoms with E-state index in [0.717, 1.165) is 37.9 Å². The minimum Gasteiger partial charge on any atom is -0.368 e. The SMILES string of the molecule is O=C(C1CCCO1)N1CCc2cc(CCCl)ccc21. The second-order valence-corrected chi connectivity index (χ2v) is 5.52. The molecule has 1 amide bonds. The zero-order valence-corrected chi connectivity index (χ0v) is 11.7. The number of carbonyl (C=O) groups is 1. The number of rotatable bonds is 3. The Labute approximate surface area is 118 Å². The molecule has 1 fully saturated rings. The van der Waals surface area contributed by atoms with Crippen LogP contribution in [0, 0.1) is 0 Å². The number of halogens is 1. The minimum absolute atomic E-state index is 0.126. The monoisotopic (exact) mass is 279 g/mol. The zero-order valence-electron chi connectivity index (χ0n) is 10.9. The van der Waals surface area contributed by atoms with E-state index in [1.807, 2.05) is 4.90 Å². The lowest BCUT2D eigenvalue weighted by Gasteiger charge is -2.21. The first kappa shape index (κ1) is 12.9. The molecule has 0 aliphatic carbocycles. The third-order valence-electron chi connectivity index (χ3n) is 3.89. The van der Waals surface area contributed by atoms with E-state index in [0.29, 0.717) is 12.5 Å².